The maximum Gasteiger partial charge on any atom is 0.234 e. The van der Waals surface area contributed by atoms with Crippen molar-refractivity contribution in [3.63, 3.8) is 0 Å². The van der Waals surface area contributed by atoms with E-state index in [0.29, 0.717) is 6.54 Å². The van der Waals surface area contributed by atoms with Crippen molar-refractivity contribution < 1.29 is 5.11 Å². The van der Waals surface area contributed by atoms with Crippen LogP contribution >= 0.6 is 22.9 Å². The van der Waals surface area contributed by atoms with E-state index in [0.717, 1.165) is 21.2 Å². The molecule has 0 bridgehead atoms. The lowest BCUT2D eigenvalue weighted by atomic mass is 10.2. The average Bonchev–Trinajstić information content (AvgIpc) is 3.06. The molecular formula is C12H12ClN5OS. The lowest BCUT2D eigenvalue weighted by Gasteiger charge is -2.10. The second-order valence-electron chi connectivity index (χ2n) is 4.23. The third kappa shape index (κ3) is 2.74. The number of aliphatic hydroxyl groups is 1. The minimum atomic E-state index is -0.546. The monoisotopic (exact) mass is 309 g/mol. The van der Waals surface area contributed by atoms with E-state index in [-0.39, 0.29) is 5.88 Å². The van der Waals surface area contributed by atoms with Crippen molar-refractivity contribution in [2.24, 2.45) is 0 Å². The van der Waals surface area contributed by atoms with Crippen LogP contribution in [0.1, 0.15) is 0 Å². The fourth-order valence-electron chi connectivity index (χ4n) is 1.70. The molecule has 0 aliphatic rings. The summed E-state index contributed by atoms with van der Waals surface area (Å²) in [5, 5.41) is 25.5. The summed E-state index contributed by atoms with van der Waals surface area (Å²) in [6.07, 6.45) is 1.04. The third-order valence-electron chi connectivity index (χ3n) is 2.74. The maximum absolute atomic E-state index is 9.39. The highest BCUT2D eigenvalue weighted by Crippen LogP contribution is 2.25. The third-order valence-corrected chi connectivity index (χ3v) is 4.06. The second kappa shape index (κ2) is 5.74. The first kappa shape index (κ1) is 13.3. The van der Waals surface area contributed by atoms with Crippen molar-refractivity contribution in [1.29, 1.82) is 0 Å². The van der Waals surface area contributed by atoms with E-state index in [1.807, 2.05) is 24.3 Å². The Labute approximate surface area is 124 Å². The molecule has 8 heteroatoms. The Balaban J connectivity index is 1.74. The van der Waals surface area contributed by atoms with Gasteiger partial charge in [0.1, 0.15) is 11.3 Å². The smallest absolute Gasteiger partial charge is 0.234 e. The number of fused-ring (bicyclic) bond motifs is 1. The number of alkyl halides is 1. The number of aromatic nitrogens is 4. The van der Waals surface area contributed by atoms with E-state index in [4.69, 9.17) is 11.6 Å². The molecule has 1 unspecified atom stereocenters. The highest BCUT2D eigenvalue weighted by atomic mass is 35.5. The summed E-state index contributed by atoms with van der Waals surface area (Å²) in [7, 11) is 0. The first-order valence-electron chi connectivity index (χ1n) is 6.01. The number of hydrogen-bond donors (Lipinski definition) is 2. The lowest BCUT2D eigenvalue weighted by molar-refractivity contribution is 0.211. The summed E-state index contributed by atoms with van der Waals surface area (Å²) in [6, 6.07) is 7.83. The molecule has 104 valence electrons. The van der Waals surface area contributed by atoms with Gasteiger partial charge in [-0.3, -0.25) is 0 Å². The van der Waals surface area contributed by atoms with E-state index in [2.05, 4.69) is 20.6 Å². The van der Waals surface area contributed by atoms with Gasteiger partial charge in [-0.1, -0.05) is 11.3 Å². The Hall–Kier alpha value is -1.70. The van der Waals surface area contributed by atoms with Crippen LogP contribution in [0.15, 0.2) is 30.6 Å². The van der Waals surface area contributed by atoms with Crippen LogP contribution < -0.4 is 5.32 Å². The normalized spacial score (nSPS) is 12.7. The van der Waals surface area contributed by atoms with Crippen LogP contribution in [0.4, 0.5) is 5.69 Å². The molecule has 0 spiro atoms. The zero-order valence-corrected chi connectivity index (χ0v) is 12.0. The van der Waals surface area contributed by atoms with Crippen molar-refractivity contribution in [3.05, 3.63) is 30.6 Å². The molecule has 0 aliphatic heterocycles. The summed E-state index contributed by atoms with van der Waals surface area (Å²) in [5.74, 6) is 0.220. The number of halogens is 1. The summed E-state index contributed by atoms with van der Waals surface area (Å²) >= 11 is 7.03. The van der Waals surface area contributed by atoms with Gasteiger partial charge in [-0.15, -0.1) is 21.8 Å². The zero-order valence-electron chi connectivity index (χ0n) is 10.4. The van der Waals surface area contributed by atoms with Crippen LogP contribution in [0, 0.1) is 0 Å². The van der Waals surface area contributed by atoms with Crippen LogP contribution in [0.5, 0.6) is 0 Å². The van der Waals surface area contributed by atoms with E-state index in [1.165, 1.54) is 11.3 Å². The summed E-state index contributed by atoms with van der Waals surface area (Å²) in [4.78, 5) is 0.771. The minimum absolute atomic E-state index is 0.220. The van der Waals surface area contributed by atoms with Crippen LogP contribution in [-0.4, -0.2) is 43.4 Å². The lowest BCUT2D eigenvalue weighted by Crippen LogP contribution is -2.20. The van der Waals surface area contributed by atoms with Crippen molar-refractivity contribution in [2.45, 2.75) is 6.10 Å². The van der Waals surface area contributed by atoms with Gasteiger partial charge in [0, 0.05) is 17.8 Å². The van der Waals surface area contributed by atoms with Gasteiger partial charge in [0.2, 0.25) is 4.96 Å². The summed E-state index contributed by atoms with van der Waals surface area (Å²) in [6.45, 7) is 0.430. The molecule has 1 aromatic carbocycles. The van der Waals surface area contributed by atoms with Gasteiger partial charge in [0.05, 0.1) is 12.0 Å². The number of anilines is 1. The second-order valence-corrected chi connectivity index (χ2v) is 5.50. The molecule has 2 heterocycles. The molecule has 1 atom stereocenters. The Bertz CT molecular complexity index is 667. The van der Waals surface area contributed by atoms with Crippen molar-refractivity contribution >= 4 is 33.6 Å². The Kier molecular flexibility index (Phi) is 3.81. The van der Waals surface area contributed by atoms with Crippen molar-refractivity contribution in [3.8, 4) is 10.6 Å². The first-order valence-corrected chi connectivity index (χ1v) is 7.36. The number of nitrogens with one attached hydrogen (secondary N) is 1. The Morgan fingerprint density at radius 2 is 2.15 bits per heavy atom. The molecule has 0 amide bonds. The first-order chi connectivity index (χ1) is 9.76. The minimum Gasteiger partial charge on any atom is -0.390 e. The molecule has 0 fully saturated rings. The van der Waals surface area contributed by atoms with E-state index in [9.17, 15) is 5.11 Å². The van der Waals surface area contributed by atoms with E-state index in [1.54, 1.807) is 10.8 Å². The highest BCUT2D eigenvalue weighted by Gasteiger charge is 2.07. The summed E-state index contributed by atoms with van der Waals surface area (Å²) in [5.41, 5.74) is 1.95. The molecule has 20 heavy (non-hydrogen) atoms. The Morgan fingerprint density at radius 1 is 1.35 bits per heavy atom. The molecule has 2 aromatic heterocycles. The molecular weight excluding hydrogens is 298 g/mol. The van der Waals surface area contributed by atoms with Gasteiger partial charge in [0.15, 0.2) is 0 Å². The van der Waals surface area contributed by atoms with Gasteiger partial charge >= 0.3 is 0 Å². The van der Waals surface area contributed by atoms with E-state index < -0.39 is 6.10 Å². The van der Waals surface area contributed by atoms with E-state index >= 15 is 0 Å². The molecule has 0 saturated heterocycles. The summed E-state index contributed by atoms with van der Waals surface area (Å²) < 4.78 is 1.66. The SMILES string of the molecule is OC(CCl)CNc1ccc(-c2nn3cnnc3s2)cc1. The van der Waals surface area contributed by atoms with Crippen LogP contribution in [0.25, 0.3) is 15.5 Å². The number of hydrogen-bond acceptors (Lipinski definition) is 6. The van der Waals surface area contributed by atoms with Gasteiger partial charge in [-0.2, -0.15) is 9.61 Å². The van der Waals surface area contributed by atoms with Gasteiger partial charge < -0.3 is 10.4 Å². The van der Waals surface area contributed by atoms with Crippen LogP contribution in [0.3, 0.4) is 0 Å². The molecule has 6 nitrogen and oxygen atoms in total. The zero-order chi connectivity index (χ0) is 13.9. The molecule has 0 aliphatic carbocycles. The quantitative estimate of drug-likeness (QED) is 0.704. The number of rotatable bonds is 5. The van der Waals surface area contributed by atoms with Gasteiger partial charge in [-0.25, -0.2) is 0 Å². The average molecular weight is 310 g/mol. The maximum atomic E-state index is 9.39. The number of benzene rings is 1. The molecule has 3 rings (SSSR count). The molecule has 0 saturated carbocycles. The highest BCUT2D eigenvalue weighted by molar-refractivity contribution is 7.19. The standard InChI is InChI=1S/C12H12ClN5OS/c13-5-10(19)6-14-9-3-1-8(2-4-9)11-17-18-7-15-16-12(18)20-11/h1-4,7,10,14,19H,5-6H2. The van der Waals surface area contributed by atoms with Gasteiger partial charge in [0.25, 0.3) is 0 Å². The molecule has 3 aromatic rings. The fraction of sp³-hybridized carbons (Fsp3) is 0.250. The molecule has 0 radical (unpaired) electrons. The predicted octanol–water partition coefficient (Wildman–Crippen LogP) is 1.86. The van der Waals surface area contributed by atoms with Crippen LogP contribution in [-0.2, 0) is 0 Å². The largest absolute Gasteiger partial charge is 0.390 e. The topological polar surface area (TPSA) is 75.3 Å². The number of nitrogens with zero attached hydrogens (tertiary/aromatic N) is 4. The Morgan fingerprint density at radius 3 is 2.85 bits per heavy atom. The fourth-order valence-corrected chi connectivity index (χ4v) is 2.63. The van der Waals surface area contributed by atoms with Gasteiger partial charge in [-0.05, 0) is 24.3 Å². The number of aliphatic hydroxyl groups excluding tert-OH is 1. The van der Waals surface area contributed by atoms with Crippen molar-refractivity contribution in [1.82, 2.24) is 19.8 Å². The molecule has 2 N–H and O–H groups in total. The van der Waals surface area contributed by atoms with Crippen molar-refractivity contribution in [2.75, 3.05) is 17.7 Å². The van der Waals surface area contributed by atoms with Crippen LogP contribution in [0.2, 0.25) is 0 Å². The predicted molar refractivity (Wildman–Crippen MR) is 79.3 cm³/mol.